The van der Waals surface area contributed by atoms with Gasteiger partial charge in [-0.15, -0.1) is 21.5 Å². The molecule has 0 unspecified atom stereocenters. The summed E-state index contributed by atoms with van der Waals surface area (Å²) in [6.45, 7) is 3.95. The molecule has 116 valence electrons. The highest BCUT2D eigenvalue weighted by Crippen LogP contribution is 2.33. The van der Waals surface area contributed by atoms with Gasteiger partial charge in [-0.25, -0.2) is 14.6 Å². The third-order valence-corrected chi connectivity index (χ3v) is 4.93. The minimum absolute atomic E-state index is 0.666. The molecule has 0 saturated heterocycles. The quantitative estimate of drug-likeness (QED) is 0.469. The van der Waals surface area contributed by atoms with E-state index in [0.717, 1.165) is 37.5 Å². The van der Waals surface area contributed by atoms with Crippen LogP contribution in [0.25, 0.3) is 37.4 Å². The summed E-state index contributed by atoms with van der Waals surface area (Å²) in [7, 11) is 0. The third-order valence-electron chi connectivity index (χ3n) is 3.87. The fourth-order valence-electron chi connectivity index (χ4n) is 2.84. The number of hydrogen-bond acceptors (Lipinski definition) is 7. The zero-order valence-corrected chi connectivity index (χ0v) is 13.7. The first-order valence-electron chi connectivity index (χ1n) is 7.43. The lowest BCUT2D eigenvalue weighted by atomic mass is 10.3. The van der Waals surface area contributed by atoms with Gasteiger partial charge in [0, 0.05) is 5.69 Å². The van der Waals surface area contributed by atoms with Crippen LogP contribution in [0.5, 0.6) is 0 Å². The van der Waals surface area contributed by atoms with E-state index in [0.29, 0.717) is 11.3 Å². The molecule has 1 aromatic carbocycles. The van der Waals surface area contributed by atoms with E-state index in [2.05, 4.69) is 20.5 Å². The van der Waals surface area contributed by atoms with Gasteiger partial charge in [0.2, 0.25) is 0 Å². The van der Waals surface area contributed by atoms with Gasteiger partial charge >= 0.3 is 0 Å². The monoisotopic (exact) mass is 333 g/mol. The summed E-state index contributed by atoms with van der Waals surface area (Å²) in [6.07, 6.45) is 0. The van der Waals surface area contributed by atoms with Gasteiger partial charge in [0.15, 0.2) is 5.82 Å². The Morgan fingerprint density at radius 2 is 1.75 bits per heavy atom. The van der Waals surface area contributed by atoms with Gasteiger partial charge < -0.3 is 0 Å². The molecule has 5 rings (SSSR count). The van der Waals surface area contributed by atoms with E-state index < -0.39 is 0 Å². The molecule has 0 aliphatic heterocycles. The van der Waals surface area contributed by atoms with Crippen LogP contribution < -0.4 is 0 Å². The smallest absolute Gasteiger partial charge is 0.197 e. The minimum Gasteiger partial charge on any atom is -0.241 e. The molecule has 0 N–H and O–H groups in total. The van der Waals surface area contributed by atoms with E-state index in [9.17, 15) is 0 Å². The molecular weight excluding hydrogens is 322 g/mol. The lowest BCUT2D eigenvalue weighted by Gasteiger charge is -2.02. The lowest BCUT2D eigenvalue weighted by molar-refractivity contribution is 0.768. The lowest BCUT2D eigenvalue weighted by Crippen LogP contribution is -2.04. The Labute approximate surface area is 140 Å². The highest BCUT2D eigenvalue weighted by molar-refractivity contribution is 7.25. The predicted molar refractivity (Wildman–Crippen MR) is 92.4 cm³/mol. The molecular formula is C16H11N7S. The number of nitrogens with zero attached hydrogens (tertiary/aromatic N) is 7. The van der Waals surface area contributed by atoms with Crippen molar-refractivity contribution in [1.29, 1.82) is 0 Å². The third kappa shape index (κ3) is 1.83. The number of hydrogen-bond donors (Lipinski definition) is 0. The molecule has 0 aliphatic rings. The molecule has 24 heavy (non-hydrogen) atoms. The summed E-state index contributed by atoms with van der Waals surface area (Å²) in [5.74, 6) is 0.666. The van der Waals surface area contributed by atoms with Gasteiger partial charge in [-0.05, 0) is 37.3 Å². The highest BCUT2D eigenvalue weighted by Gasteiger charge is 2.18. The SMILES string of the molecule is Cc1cc(C)n(-c2nnnc3c2sc2nc4ccccc4nc23)n1. The molecule has 7 nitrogen and oxygen atoms in total. The Hall–Kier alpha value is -3.00. The normalized spacial score (nSPS) is 11.8. The van der Waals surface area contributed by atoms with Crippen molar-refractivity contribution in [3.8, 4) is 5.82 Å². The number of benzene rings is 1. The largest absolute Gasteiger partial charge is 0.241 e. The van der Waals surface area contributed by atoms with Crippen LogP contribution in [0.1, 0.15) is 11.4 Å². The average molecular weight is 333 g/mol. The Bertz CT molecular complexity index is 1240. The topological polar surface area (TPSA) is 82.3 Å². The number of fused-ring (bicyclic) bond motifs is 4. The van der Waals surface area contributed by atoms with Gasteiger partial charge in [-0.3, -0.25) is 0 Å². The summed E-state index contributed by atoms with van der Waals surface area (Å²) >= 11 is 1.52. The molecule has 0 fully saturated rings. The molecule has 0 bridgehead atoms. The van der Waals surface area contributed by atoms with Crippen LogP contribution in [-0.2, 0) is 0 Å². The van der Waals surface area contributed by atoms with Gasteiger partial charge in [-0.1, -0.05) is 12.1 Å². The van der Waals surface area contributed by atoms with Gasteiger partial charge in [0.25, 0.3) is 0 Å². The van der Waals surface area contributed by atoms with Gasteiger partial charge in [0.05, 0.1) is 16.7 Å². The maximum Gasteiger partial charge on any atom is 0.197 e. The Morgan fingerprint density at radius 3 is 2.50 bits per heavy atom. The van der Waals surface area contributed by atoms with E-state index in [1.807, 2.05) is 44.2 Å². The van der Waals surface area contributed by atoms with Crippen molar-refractivity contribution in [2.24, 2.45) is 0 Å². The molecule has 8 heteroatoms. The van der Waals surface area contributed by atoms with Gasteiger partial charge in [-0.2, -0.15) is 5.10 Å². The number of rotatable bonds is 1. The second-order valence-electron chi connectivity index (χ2n) is 5.60. The van der Waals surface area contributed by atoms with Crippen LogP contribution in [0.3, 0.4) is 0 Å². The van der Waals surface area contributed by atoms with Crippen LogP contribution in [0.2, 0.25) is 0 Å². The Balaban J connectivity index is 1.90. The van der Waals surface area contributed by atoms with E-state index in [1.54, 1.807) is 4.68 Å². The number of thiophene rings is 1. The first-order valence-corrected chi connectivity index (χ1v) is 8.24. The highest BCUT2D eigenvalue weighted by atomic mass is 32.1. The van der Waals surface area contributed by atoms with Crippen molar-refractivity contribution in [3.05, 3.63) is 41.7 Å². The second-order valence-corrected chi connectivity index (χ2v) is 6.60. The number of aromatic nitrogens is 7. The molecule has 5 aromatic rings. The molecule has 0 atom stereocenters. The number of aryl methyl sites for hydroxylation is 2. The minimum atomic E-state index is 0.666. The van der Waals surface area contributed by atoms with Crippen molar-refractivity contribution < 1.29 is 0 Å². The first kappa shape index (κ1) is 13.4. The molecule has 0 radical (unpaired) electrons. The molecule has 0 spiro atoms. The summed E-state index contributed by atoms with van der Waals surface area (Å²) in [5.41, 5.74) is 5.11. The maximum absolute atomic E-state index is 4.72. The fourth-order valence-corrected chi connectivity index (χ4v) is 3.87. The maximum atomic E-state index is 4.72. The molecule has 4 heterocycles. The van der Waals surface area contributed by atoms with E-state index in [4.69, 9.17) is 9.97 Å². The van der Waals surface area contributed by atoms with E-state index in [-0.39, 0.29) is 0 Å². The average Bonchev–Trinajstić information content (AvgIpc) is 3.11. The van der Waals surface area contributed by atoms with Crippen molar-refractivity contribution >= 4 is 42.9 Å². The van der Waals surface area contributed by atoms with Crippen LogP contribution in [0.15, 0.2) is 30.3 Å². The van der Waals surface area contributed by atoms with Gasteiger partial charge in [0.1, 0.15) is 20.6 Å². The molecule has 0 saturated carbocycles. The molecule has 0 aliphatic carbocycles. The zero-order valence-electron chi connectivity index (χ0n) is 12.9. The van der Waals surface area contributed by atoms with Crippen molar-refractivity contribution in [2.45, 2.75) is 13.8 Å². The summed E-state index contributed by atoms with van der Waals surface area (Å²) in [5, 5.41) is 16.8. The van der Waals surface area contributed by atoms with Crippen LogP contribution in [-0.4, -0.2) is 35.2 Å². The van der Waals surface area contributed by atoms with Crippen molar-refractivity contribution in [3.63, 3.8) is 0 Å². The summed E-state index contributed by atoms with van der Waals surface area (Å²) in [6, 6.07) is 9.82. The number of para-hydroxylation sites is 2. The Kier molecular flexibility index (Phi) is 2.66. The Morgan fingerprint density at radius 1 is 0.958 bits per heavy atom. The zero-order chi connectivity index (χ0) is 16.3. The van der Waals surface area contributed by atoms with Crippen LogP contribution in [0, 0.1) is 13.8 Å². The van der Waals surface area contributed by atoms with Crippen LogP contribution >= 0.6 is 11.3 Å². The first-order chi connectivity index (χ1) is 11.7. The summed E-state index contributed by atoms with van der Waals surface area (Å²) in [4.78, 5) is 10.3. The fraction of sp³-hybridized carbons (Fsp3) is 0.125. The van der Waals surface area contributed by atoms with Crippen LogP contribution in [0.4, 0.5) is 0 Å². The predicted octanol–water partition coefficient (Wildman–Crippen LogP) is 2.99. The standard InChI is InChI=1S/C16H11N7S/c1-8-7-9(2)23(21-8)15-14-12(19-22-20-15)13-16(24-14)18-11-6-4-3-5-10(11)17-13/h3-7H,1-2H3. The van der Waals surface area contributed by atoms with Crippen molar-refractivity contribution in [2.75, 3.05) is 0 Å². The van der Waals surface area contributed by atoms with E-state index >= 15 is 0 Å². The van der Waals surface area contributed by atoms with Crippen molar-refractivity contribution in [1.82, 2.24) is 35.2 Å². The summed E-state index contributed by atoms with van der Waals surface area (Å²) < 4.78 is 2.68. The molecule has 0 amide bonds. The second kappa shape index (κ2) is 4.75. The van der Waals surface area contributed by atoms with E-state index in [1.165, 1.54) is 11.3 Å². The molecule has 4 aromatic heterocycles.